The van der Waals surface area contributed by atoms with Crippen LogP contribution in [-0.4, -0.2) is 16.1 Å². The van der Waals surface area contributed by atoms with E-state index in [-0.39, 0.29) is 0 Å². The Hall–Kier alpha value is -1.80. The Morgan fingerprint density at radius 2 is 2.26 bits per heavy atom. The van der Waals surface area contributed by atoms with Gasteiger partial charge >= 0.3 is 0 Å². The molecule has 0 saturated carbocycles. The molecule has 1 heterocycles. The standard InChI is InChI=1S/C14H15BrN4/c15-13-4-3-5-14(12(13)10-16)18-6-1-2-8-19-9-7-17-11-19/h3-5,7,9,11,18H,1-2,6,8H2. The predicted molar refractivity (Wildman–Crippen MR) is 78.8 cm³/mol. The lowest BCUT2D eigenvalue weighted by molar-refractivity contribution is 0.621. The number of nitrogens with zero attached hydrogens (tertiary/aromatic N) is 3. The monoisotopic (exact) mass is 318 g/mol. The number of aromatic nitrogens is 2. The number of hydrogen-bond donors (Lipinski definition) is 1. The normalized spacial score (nSPS) is 10.1. The molecule has 0 fully saturated rings. The molecule has 0 bridgehead atoms. The van der Waals surface area contributed by atoms with Gasteiger partial charge in [-0.25, -0.2) is 4.98 Å². The maximum Gasteiger partial charge on any atom is 0.103 e. The van der Waals surface area contributed by atoms with E-state index in [0.717, 1.165) is 36.1 Å². The van der Waals surface area contributed by atoms with Crippen molar-refractivity contribution in [3.05, 3.63) is 47.0 Å². The fourth-order valence-electron chi connectivity index (χ4n) is 1.85. The highest BCUT2D eigenvalue weighted by atomic mass is 79.9. The minimum absolute atomic E-state index is 0.664. The number of rotatable bonds is 6. The van der Waals surface area contributed by atoms with E-state index in [1.54, 1.807) is 6.20 Å². The van der Waals surface area contributed by atoms with E-state index in [4.69, 9.17) is 5.26 Å². The number of nitrogens with one attached hydrogen (secondary N) is 1. The first-order valence-corrected chi connectivity index (χ1v) is 6.99. The van der Waals surface area contributed by atoms with Crippen LogP contribution in [0.2, 0.25) is 0 Å². The highest BCUT2D eigenvalue weighted by Gasteiger charge is 2.04. The van der Waals surface area contributed by atoms with E-state index in [1.165, 1.54) is 0 Å². The molecule has 0 saturated heterocycles. The SMILES string of the molecule is N#Cc1c(Br)cccc1NCCCCn1ccnc1. The summed E-state index contributed by atoms with van der Waals surface area (Å²) in [6.07, 6.45) is 7.72. The summed E-state index contributed by atoms with van der Waals surface area (Å²) in [6.45, 7) is 1.84. The van der Waals surface area contributed by atoms with Crippen LogP contribution in [0.15, 0.2) is 41.4 Å². The van der Waals surface area contributed by atoms with Gasteiger partial charge in [0, 0.05) is 30.0 Å². The summed E-state index contributed by atoms with van der Waals surface area (Å²) in [5.41, 5.74) is 1.55. The first-order chi connectivity index (χ1) is 9.31. The largest absolute Gasteiger partial charge is 0.384 e. The third-order valence-corrected chi connectivity index (χ3v) is 3.50. The van der Waals surface area contributed by atoms with Crippen LogP contribution in [0.25, 0.3) is 0 Å². The van der Waals surface area contributed by atoms with E-state index in [1.807, 2.05) is 30.7 Å². The van der Waals surface area contributed by atoms with Gasteiger partial charge in [0.05, 0.1) is 17.6 Å². The molecule has 0 radical (unpaired) electrons. The summed E-state index contributed by atoms with van der Waals surface area (Å²) in [6, 6.07) is 7.94. The molecule has 0 aliphatic carbocycles. The zero-order chi connectivity index (χ0) is 13.5. The van der Waals surface area contributed by atoms with Crippen LogP contribution >= 0.6 is 15.9 Å². The smallest absolute Gasteiger partial charge is 0.103 e. The van der Waals surface area contributed by atoms with Gasteiger partial charge in [0.1, 0.15) is 6.07 Å². The average Bonchev–Trinajstić information content (AvgIpc) is 2.92. The van der Waals surface area contributed by atoms with E-state index in [0.29, 0.717) is 5.56 Å². The Labute approximate surface area is 121 Å². The second-order valence-corrected chi connectivity index (χ2v) is 5.06. The molecule has 1 aromatic heterocycles. The van der Waals surface area contributed by atoms with Crippen LogP contribution in [0, 0.1) is 11.3 Å². The summed E-state index contributed by atoms with van der Waals surface area (Å²) in [4.78, 5) is 4.01. The molecule has 0 amide bonds. The van der Waals surface area contributed by atoms with Crippen molar-refractivity contribution in [2.75, 3.05) is 11.9 Å². The minimum atomic E-state index is 0.664. The van der Waals surface area contributed by atoms with Crippen molar-refractivity contribution in [1.29, 1.82) is 5.26 Å². The van der Waals surface area contributed by atoms with Crippen LogP contribution in [-0.2, 0) is 6.54 Å². The molecule has 2 aromatic rings. The minimum Gasteiger partial charge on any atom is -0.384 e. The molecule has 4 nitrogen and oxygen atoms in total. The van der Waals surface area contributed by atoms with Crippen molar-refractivity contribution >= 4 is 21.6 Å². The third-order valence-electron chi connectivity index (χ3n) is 2.84. The zero-order valence-electron chi connectivity index (χ0n) is 10.5. The number of hydrogen-bond acceptors (Lipinski definition) is 3. The molecular weight excluding hydrogens is 304 g/mol. The zero-order valence-corrected chi connectivity index (χ0v) is 12.1. The molecule has 0 aliphatic heterocycles. The van der Waals surface area contributed by atoms with Gasteiger partial charge in [0.25, 0.3) is 0 Å². The molecule has 1 aromatic carbocycles. The first-order valence-electron chi connectivity index (χ1n) is 6.19. The number of aryl methyl sites for hydroxylation is 1. The molecule has 98 valence electrons. The van der Waals surface area contributed by atoms with Gasteiger partial charge in [0.2, 0.25) is 0 Å². The summed E-state index contributed by atoms with van der Waals surface area (Å²) in [5.74, 6) is 0. The van der Waals surface area contributed by atoms with Crippen molar-refractivity contribution in [3.8, 4) is 6.07 Å². The quantitative estimate of drug-likeness (QED) is 0.830. The van der Waals surface area contributed by atoms with Crippen molar-refractivity contribution in [1.82, 2.24) is 9.55 Å². The Bertz CT molecular complexity index is 557. The Morgan fingerprint density at radius 1 is 1.37 bits per heavy atom. The molecule has 5 heteroatoms. The van der Waals surface area contributed by atoms with Gasteiger partial charge in [-0.15, -0.1) is 0 Å². The summed E-state index contributed by atoms with van der Waals surface area (Å²) < 4.78 is 2.90. The van der Waals surface area contributed by atoms with Gasteiger partial charge in [-0.2, -0.15) is 5.26 Å². The molecule has 19 heavy (non-hydrogen) atoms. The van der Waals surface area contributed by atoms with Crippen LogP contribution in [0.1, 0.15) is 18.4 Å². The maximum atomic E-state index is 9.10. The van der Waals surface area contributed by atoms with Crippen molar-refractivity contribution in [2.45, 2.75) is 19.4 Å². The summed E-state index contributed by atoms with van der Waals surface area (Å²) in [7, 11) is 0. The molecule has 0 aliphatic rings. The number of imidazole rings is 1. The molecule has 1 N–H and O–H groups in total. The van der Waals surface area contributed by atoms with Crippen LogP contribution in [0.5, 0.6) is 0 Å². The van der Waals surface area contributed by atoms with E-state index >= 15 is 0 Å². The van der Waals surface area contributed by atoms with Crippen molar-refractivity contribution in [2.24, 2.45) is 0 Å². The highest BCUT2D eigenvalue weighted by Crippen LogP contribution is 2.23. The predicted octanol–water partition coefficient (Wildman–Crippen LogP) is 3.41. The number of anilines is 1. The average molecular weight is 319 g/mol. The first kappa shape index (κ1) is 13.6. The summed E-state index contributed by atoms with van der Waals surface area (Å²) in [5, 5.41) is 12.4. The second kappa shape index (κ2) is 6.95. The lowest BCUT2D eigenvalue weighted by Gasteiger charge is -2.09. The number of benzene rings is 1. The lowest BCUT2D eigenvalue weighted by atomic mass is 10.2. The van der Waals surface area contributed by atoms with Crippen LogP contribution < -0.4 is 5.32 Å². The fraction of sp³-hybridized carbons (Fsp3) is 0.286. The lowest BCUT2D eigenvalue weighted by Crippen LogP contribution is -2.05. The molecule has 0 unspecified atom stereocenters. The Morgan fingerprint density at radius 3 is 3.00 bits per heavy atom. The van der Waals surface area contributed by atoms with Gasteiger partial charge < -0.3 is 9.88 Å². The van der Waals surface area contributed by atoms with E-state index < -0.39 is 0 Å². The van der Waals surface area contributed by atoms with Crippen molar-refractivity contribution in [3.63, 3.8) is 0 Å². The van der Waals surface area contributed by atoms with Crippen LogP contribution in [0.3, 0.4) is 0 Å². The molecule has 0 spiro atoms. The second-order valence-electron chi connectivity index (χ2n) is 4.21. The number of nitriles is 1. The maximum absolute atomic E-state index is 9.10. The van der Waals surface area contributed by atoms with Gasteiger partial charge in [-0.05, 0) is 40.9 Å². The highest BCUT2D eigenvalue weighted by molar-refractivity contribution is 9.10. The van der Waals surface area contributed by atoms with Gasteiger partial charge in [0.15, 0.2) is 0 Å². The number of unbranched alkanes of at least 4 members (excludes halogenated alkanes) is 1. The Kier molecular flexibility index (Phi) is 4.99. The molecule has 2 rings (SSSR count). The van der Waals surface area contributed by atoms with Gasteiger partial charge in [-0.1, -0.05) is 6.07 Å². The van der Waals surface area contributed by atoms with Gasteiger partial charge in [-0.3, -0.25) is 0 Å². The van der Waals surface area contributed by atoms with Crippen LogP contribution in [0.4, 0.5) is 5.69 Å². The fourth-order valence-corrected chi connectivity index (χ4v) is 2.30. The molecular formula is C14H15BrN4. The van der Waals surface area contributed by atoms with Crippen molar-refractivity contribution < 1.29 is 0 Å². The van der Waals surface area contributed by atoms with E-state index in [2.05, 4.69) is 36.9 Å². The summed E-state index contributed by atoms with van der Waals surface area (Å²) >= 11 is 3.38. The van der Waals surface area contributed by atoms with E-state index in [9.17, 15) is 0 Å². The third kappa shape index (κ3) is 3.83. The Balaban J connectivity index is 1.77. The topological polar surface area (TPSA) is 53.6 Å². The molecule has 0 atom stereocenters. The number of halogens is 1.